The first-order valence-electron chi connectivity index (χ1n) is 4.22. The predicted molar refractivity (Wildman–Crippen MR) is 45.5 cm³/mol. The number of carboxylic acid groups (broad SMARTS) is 1. The molecule has 5 nitrogen and oxygen atoms in total. The third-order valence-electron chi connectivity index (χ3n) is 1.55. The predicted octanol–water partition coefficient (Wildman–Crippen LogP) is -1.63. The van der Waals surface area contributed by atoms with Gasteiger partial charge in [-0.25, -0.2) is 0 Å². The van der Waals surface area contributed by atoms with E-state index in [0.717, 1.165) is 0 Å². The first-order chi connectivity index (χ1) is 6.02. The van der Waals surface area contributed by atoms with Gasteiger partial charge in [0.2, 0.25) is 5.91 Å². The Bertz CT molecular complexity index is 182. The molecular formula is C8H15N2O3-. The van der Waals surface area contributed by atoms with Crippen LogP contribution in [0.4, 0.5) is 0 Å². The maximum Gasteiger partial charge on any atom is 0.216 e. The topological polar surface area (TPSA) is 95.2 Å². The number of rotatable bonds is 6. The fourth-order valence-corrected chi connectivity index (χ4v) is 0.945. The fraction of sp³-hybridized carbons (Fsp3) is 0.750. The zero-order chi connectivity index (χ0) is 10.3. The average Bonchev–Trinajstić information content (AvgIpc) is 1.96. The SMILES string of the molecule is CC(=O)NCCCC(N)CC(=O)[O-]. The van der Waals surface area contributed by atoms with Gasteiger partial charge in [0.15, 0.2) is 0 Å². The summed E-state index contributed by atoms with van der Waals surface area (Å²) in [4.78, 5) is 20.5. The minimum Gasteiger partial charge on any atom is -0.550 e. The van der Waals surface area contributed by atoms with E-state index in [1.54, 1.807) is 0 Å². The third kappa shape index (κ3) is 8.81. The molecule has 0 saturated heterocycles. The Morgan fingerprint density at radius 3 is 2.62 bits per heavy atom. The highest BCUT2D eigenvalue weighted by atomic mass is 16.4. The highest BCUT2D eigenvalue weighted by molar-refractivity contribution is 5.72. The summed E-state index contributed by atoms with van der Waals surface area (Å²) in [5.74, 6) is -1.22. The standard InChI is InChI=1S/C8H16N2O3/c1-6(11)10-4-2-3-7(9)5-8(12)13/h7H,2-5,9H2,1H3,(H,10,11)(H,12,13)/p-1. The van der Waals surface area contributed by atoms with Crippen LogP contribution in [0.3, 0.4) is 0 Å². The van der Waals surface area contributed by atoms with Crippen molar-refractivity contribution in [1.82, 2.24) is 5.32 Å². The van der Waals surface area contributed by atoms with Gasteiger partial charge in [-0.15, -0.1) is 0 Å². The second kappa shape index (κ2) is 6.42. The van der Waals surface area contributed by atoms with Crippen molar-refractivity contribution in [1.29, 1.82) is 0 Å². The van der Waals surface area contributed by atoms with Crippen molar-refractivity contribution in [3.8, 4) is 0 Å². The number of nitrogens with one attached hydrogen (secondary N) is 1. The van der Waals surface area contributed by atoms with Crippen LogP contribution in [0, 0.1) is 0 Å². The van der Waals surface area contributed by atoms with Gasteiger partial charge in [-0.05, 0) is 12.8 Å². The number of carboxylic acids is 1. The van der Waals surface area contributed by atoms with Gasteiger partial charge in [0.05, 0.1) is 0 Å². The molecule has 0 aliphatic carbocycles. The van der Waals surface area contributed by atoms with Crippen molar-refractivity contribution in [3.05, 3.63) is 0 Å². The highest BCUT2D eigenvalue weighted by Crippen LogP contribution is 1.96. The van der Waals surface area contributed by atoms with Crippen LogP contribution in [-0.4, -0.2) is 24.5 Å². The lowest BCUT2D eigenvalue weighted by Crippen LogP contribution is -2.33. The van der Waals surface area contributed by atoms with E-state index >= 15 is 0 Å². The van der Waals surface area contributed by atoms with E-state index < -0.39 is 5.97 Å². The van der Waals surface area contributed by atoms with Crippen molar-refractivity contribution < 1.29 is 14.7 Å². The molecule has 3 N–H and O–H groups in total. The molecule has 0 heterocycles. The van der Waals surface area contributed by atoms with E-state index in [-0.39, 0.29) is 18.4 Å². The molecule has 0 aliphatic rings. The quantitative estimate of drug-likeness (QED) is 0.488. The number of nitrogens with two attached hydrogens (primary N) is 1. The highest BCUT2D eigenvalue weighted by Gasteiger charge is 2.02. The Morgan fingerprint density at radius 2 is 2.15 bits per heavy atom. The van der Waals surface area contributed by atoms with Gasteiger partial charge in [-0.1, -0.05) is 0 Å². The lowest BCUT2D eigenvalue weighted by atomic mass is 10.1. The molecule has 1 atom stereocenters. The van der Waals surface area contributed by atoms with Crippen LogP contribution in [0.25, 0.3) is 0 Å². The molecule has 0 bridgehead atoms. The van der Waals surface area contributed by atoms with Gasteiger partial charge < -0.3 is 21.0 Å². The maximum absolute atomic E-state index is 10.4. The normalized spacial score (nSPS) is 12.2. The zero-order valence-electron chi connectivity index (χ0n) is 7.71. The zero-order valence-corrected chi connectivity index (χ0v) is 7.71. The Hall–Kier alpha value is -1.10. The van der Waals surface area contributed by atoms with Crippen LogP contribution in [0.15, 0.2) is 0 Å². The van der Waals surface area contributed by atoms with E-state index in [1.807, 2.05) is 0 Å². The Balaban J connectivity index is 3.31. The number of amides is 1. The Labute approximate surface area is 77.3 Å². The number of aliphatic carboxylic acids is 1. The fourth-order valence-electron chi connectivity index (χ4n) is 0.945. The summed E-state index contributed by atoms with van der Waals surface area (Å²) in [6.07, 6.45) is 1.14. The van der Waals surface area contributed by atoms with Crippen molar-refractivity contribution in [2.24, 2.45) is 5.73 Å². The van der Waals surface area contributed by atoms with Crippen molar-refractivity contribution in [2.75, 3.05) is 6.54 Å². The van der Waals surface area contributed by atoms with E-state index in [1.165, 1.54) is 6.92 Å². The summed E-state index contributed by atoms with van der Waals surface area (Å²) >= 11 is 0. The van der Waals surface area contributed by atoms with E-state index in [2.05, 4.69) is 5.32 Å². The second-order valence-corrected chi connectivity index (χ2v) is 2.96. The second-order valence-electron chi connectivity index (χ2n) is 2.96. The minimum absolute atomic E-state index is 0.0894. The first kappa shape index (κ1) is 11.9. The summed E-state index contributed by atoms with van der Waals surface area (Å²) in [7, 11) is 0. The van der Waals surface area contributed by atoms with E-state index in [9.17, 15) is 14.7 Å². The largest absolute Gasteiger partial charge is 0.550 e. The minimum atomic E-state index is -1.13. The lowest BCUT2D eigenvalue weighted by Gasteiger charge is -2.11. The van der Waals surface area contributed by atoms with Gasteiger partial charge in [-0.3, -0.25) is 4.79 Å². The summed E-state index contributed by atoms with van der Waals surface area (Å²) in [5.41, 5.74) is 5.46. The first-order valence-corrected chi connectivity index (χ1v) is 4.22. The van der Waals surface area contributed by atoms with Gasteiger partial charge >= 0.3 is 0 Å². The van der Waals surface area contributed by atoms with Crippen LogP contribution in [0.1, 0.15) is 26.2 Å². The van der Waals surface area contributed by atoms with E-state index in [4.69, 9.17) is 5.73 Å². The molecule has 0 aromatic heterocycles. The molecule has 0 radical (unpaired) electrons. The van der Waals surface area contributed by atoms with Gasteiger partial charge in [0.1, 0.15) is 0 Å². The van der Waals surface area contributed by atoms with Gasteiger partial charge in [0, 0.05) is 31.9 Å². The molecule has 5 heteroatoms. The average molecular weight is 187 g/mol. The van der Waals surface area contributed by atoms with Crippen molar-refractivity contribution in [3.63, 3.8) is 0 Å². The van der Waals surface area contributed by atoms with Crippen molar-refractivity contribution in [2.45, 2.75) is 32.2 Å². The molecule has 0 spiro atoms. The molecule has 13 heavy (non-hydrogen) atoms. The van der Waals surface area contributed by atoms with Crippen molar-refractivity contribution >= 4 is 11.9 Å². The molecule has 76 valence electrons. The smallest absolute Gasteiger partial charge is 0.216 e. The molecular weight excluding hydrogens is 172 g/mol. The molecule has 1 unspecified atom stereocenters. The van der Waals surface area contributed by atoms with Gasteiger partial charge in [0.25, 0.3) is 0 Å². The number of hydrogen-bond acceptors (Lipinski definition) is 4. The van der Waals surface area contributed by atoms with Gasteiger partial charge in [-0.2, -0.15) is 0 Å². The van der Waals surface area contributed by atoms with Crippen LogP contribution < -0.4 is 16.2 Å². The molecule has 0 aromatic carbocycles. The van der Waals surface area contributed by atoms with Crippen LogP contribution in [0.5, 0.6) is 0 Å². The van der Waals surface area contributed by atoms with Crippen LogP contribution in [-0.2, 0) is 9.59 Å². The van der Waals surface area contributed by atoms with Crippen LogP contribution in [0.2, 0.25) is 0 Å². The number of carbonyl (C=O) groups is 2. The Kier molecular flexibility index (Phi) is 5.88. The molecule has 0 fully saturated rings. The summed E-state index contributed by atoms with van der Waals surface area (Å²) in [5, 5.41) is 12.7. The molecule has 1 amide bonds. The third-order valence-corrected chi connectivity index (χ3v) is 1.55. The maximum atomic E-state index is 10.4. The monoisotopic (exact) mass is 187 g/mol. The number of carbonyl (C=O) groups excluding carboxylic acids is 2. The lowest BCUT2D eigenvalue weighted by molar-refractivity contribution is -0.306. The summed E-state index contributed by atoms with van der Waals surface area (Å²) < 4.78 is 0. The summed E-state index contributed by atoms with van der Waals surface area (Å²) in [6, 6.07) is -0.376. The van der Waals surface area contributed by atoms with E-state index in [0.29, 0.717) is 19.4 Å². The summed E-state index contributed by atoms with van der Waals surface area (Å²) in [6.45, 7) is 1.97. The molecule has 0 aromatic rings. The molecule has 0 aliphatic heterocycles. The molecule has 0 saturated carbocycles. The number of hydrogen-bond donors (Lipinski definition) is 2. The Morgan fingerprint density at radius 1 is 1.54 bits per heavy atom. The molecule has 0 rings (SSSR count). The van der Waals surface area contributed by atoms with Crippen LogP contribution >= 0.6 is 0 Å².